The Kier molecular flexibility index (Phi) is 6.07. The van der Waals surface area contributed by atoms with Gasteiger partial charge in [-0.1, -0.05) is 11.6 Å². The van der Waals surface area contributed by atoms with E-state index in [0.29, 0.717) is 23.9 Å². The van der Waals surface area contributed by atoms with Crippen LogP contribution in [0.15, 0.2) is 12.3 Å². The molecule has 0 fully saturated rings. The Bertz CT molecular complexity index is 483. The molecular formula is C14H21ClN2O3. The molecule has 0 saturated heterocycles. The van der Waals surface area contributed by atoms with Gasteiger partial charge in [-0.05, 0) is 33.8 Å². The van der Waals surface area contributed by atoms with E-state index in [1.54, 1.807) is 23.8 Å². The Morgan fingerprint density at radius 1 is 1.40 bits per heavy atom. The zero-order valence-electron chi connectivity index (χ0n) is 12.4. The molecule has 6 heteroatoms. The van der Waals surface area contributed by atoms with Crippen LogP contribution in [0.4, 0.5) is 0 Å². The number of carbonyl (C=O) groups is 2. The largest absolute Gasteiger partial charge is 0.465 e. The Balaban J connectivity index is 2.96. The summed E-state index contributed by atoms with van der Waals surface area (Å²) in [5, 5.41) is 0.509. The van der Waals surface area contributed by atoms with Gasteiger partial charge < -0.3 is 14.2 Å². The smallest absolute Gasteiger partial charge is 0.325 e. The normalized spacial score (nSPS) is 10.7. The minimum Gasteiger partial charge on any atom is -0.465 e. The number of aromatic nitrogens is 1. The first-order valence-corrected chi connectivity index (χ1v) is 7.10. The van der Waals surface area contributed by atoms with Crippen LogP contribution in [0.1, 0.15) is 38.2 Å². The van der Waals surface area contributed by atoms with Crippen molar-refractivity contribution in [2.24, 2.45) is 0 Å². The fourth-order valence-corrected chi connectivity index (χ4v) is 2.12. The van der Waals surface area contributed by atoms with E-state index in [4.69, 9.17) is 16.3 Å². The number of esters is 1. The molecule has 0 bridgehead atoms. The van der Waals surface area contributed by atoms with Gasteiger partial charge >= 0.3 is 5.97 Å². The molecular weight excluding hydrogens is 280 g/mol. The summed E-state index contributed by atoms with van der Waals surface area (Å²) in [4.78, 5) is 25.6. The van der Waals surface area contributed by atoms with E-state index in [1.807, 2.05) is 20.8 Å². The Morgan fingerprint density at radius 3 is 2.55 bits per heavy atom. The van der Waals surface area contributed by atoms with Crippen molar-refractivity contribution in [2.75, 3.05) is 13.2 Å². The molecule has 20 heavy (non-hydrogen) atoms. The zero-order valence-corrected chi connectivity index (χ0v) is 13.1. The Morgan fingerprint density at radius 2 is 2.05 bits per heavy atom. The van der Waals surface area contributed by atoms with Crippen molar-refractivity contribution in [1.82, 2.24) is 9.47 Å². The third-order valence-electron chi connectivity index (χ3n) is 2.91. The van der Waals surface area contributed by atoms with Crippen LogP contribution in [-0.2, 0) is 16.1 Å². The van der Waals surface area contributed by atoms with Gasteiger partial charge in [0, 0.05) is 18.8 Å². The first-order chi connectivity index (χ1) is 9.40. The van der Waals surface area contributed by atoms with E-state index >= 15 is 0 Å². The minimum atomic E-state index is -0.407. The van der Waals surface area contributed by atoms with Crippen LogP contribution < -0.4 is 0 Å². The number of hydrogen-bond acceptors (Lipinski definition) is 3. The lowest BCUT2D eigenvalue weighted by atomic mass is 10.2. The van der Waals surface area contributed by atoms with E-state index in [0.717, 1.165) is 0 Å². The molecule has 0 radical (unpaired) electrons. The number of nitrogens with zero attached hydrogens (tertiary/aromatic N) is 2. The van der Waals surface area contributed by atoms with Gasteiger partial charge in [-0.2, -0.15) is 0 Å². The molecule has 0 saturated carbocycles. The summed E-state index contributed by atoms with van der Waals surface area (Å²) in [6, 6.07) is 1.51. The first kappa shape index (κ1) is 16.6. The van der Waals surface area contributed by atoms with Gasteiger partial charge in [0.1, 0.15) is 12.2 Å². The Hall–Kier alpha value is -1.49. The summed E-state index contributed by atoms with van der Waals surface area (Å²) < 4.78 is 6.67. The van der Waals surface area contributed by atoms with E-state index in [-0.39, 0.29) is 18.5 Å². The fourth-order valence-electron chi connectivity index (χ4n) is 1.90. The summed E-state index contributed by atoms with van der Waals surface area (Å²) in [7, 11) is 0. The number of aryl methyl sites for hydroxylation is 1. The van der Waals surface area contributed by atoms with Crippen molar-refractivity contribution in [1.29, 1.82) is 0 Å². The average molecular weight is 301 g/mol. The highest BCUT2D eigenvalue weighted by Crippen LogP contribution is 2.17. The molecule has 0 N–H and O–H groups in total. The molecule has 0 aliphatic rings. The van der Waals surface area contributed by atoms with Crippen molar-refractivity contribution >= 4 is 23.5 Å². The van der Waals surface area contributed by atoms with Crippen LogP contribution in [0.2, 0.25) is 5.02 Å². The van der Waals surface area contributed by atoms with Crippen molar-refractivity contribution < 1.29 is 14.3 Å². The topological polar surface area (TPSA) is 51.5 Å². The highest BCUT2D eigenvalue weighted by atomic mass is 35.5. The van der Waals surface area contributed by atoms with E-state index in [9.17, 15) is 9.59 Å². The van der Waals surface area contributed by atoms with Gasteiger partial charge in [0.15, 0.2) is 0 Å². The maximum Gasteiger partial charge on any atom is 0.325 e. The summed E-state index contributed by atoms with van der Waals surface area (Å²) in [5.41, 5.74) is 0.482. The van der Waals surface area contributed by atoms with Gasteiger partial charge in [-0.3, -0.25) is 9.59 Å². The van der Waals surface area contributed by atoms with Crippen LogP contribution >= 0.6 is 11.6 Å². The summed E-state index contributed by atoms with van der Waals surface area (Å²) in [6.07, 6.45) is 1.71. The second-order valence-electron chi connectivity index (χ2n) is 4.66. The average Bonchev–Trinajstić information content (AvgIpc) is 2.76. The summed E-state index contributed by atoms with van der Waals surface area (Å²) in [5.74, 6) is -0.628. The van der Waals surface area contributed by atoms with Crippen molar-refractivity contribution in [2.45, 2.75) is 40.3 Å². The molecule has 0 spiro atoms. The zero-order chi connectivity index (χ0) is 15.3. The van der Waals surface area contributed by atoms with Gasteiger partial charge in [0.2, 0.25) is 0 Å². The number of carbonyl (C=O) groups excluding carboxylic acids is 2. The number of amides is 1. The lowest BCUT2D eigenvalue weighted by Gasteiger charge is -2.26. The van der Waals surface area contributed by atoms with Crippen LogP contribution in [0, 0.1) is 0 Å². The molecule has 1 heterocycles. The third kappa shape index (κ3) is 4.00. The summed E-state index contributed by atoms with van der Waals surface area (Å²) >= 11 is 5.94. The van der Waals surface area contributed by atoms with E-state index in [1.165, 1.54) is 4.90 Å². The highest BCUT2D eigenvalue weighted by Gasteiger charge is 2.24. The number of halogens is 1. The molecule has 0 aliphatic carbocycles. The SMILES string of the molecule is CCOC(=O)CN(C(=O)c1cc(Cl)cn1CC)C(C)C. The fraction of sp³-hybridized carbons (Fsp3) is 0.571. The number of hydrogen-bond donors (Lipinski definition) is 0. The van der Waals surface area contributed by atoms with E-state index in [2.05, 4.69) is 0 Å². The van der Waals surface area contributed by atoms with Gasteiger partial charge in [0.25, 0.3) is 5.91 Å². The molecule has 112 valence electrons. The first-order valence-electron chi connectivity index (χ1n) is 6.72. The summed E-state index contributed by atoms with van der Waals surface area (Å²) in [6.45, 7) is 8.27. The highest BCUT2D eigenvalue weighted by molar-refractivity contribution is 6.31. The van der Waals surface area contributed by atoms with Crippen molar-refractivity contribution in [3.63, 3.8) is 0 Å². The van der Waals surface area contributed by atoms with Crippen LogP contribution in [-0.4, -0.2) is 40.5 Å². The molecule has 1 rings (SSSR count). The maximum absolute atomic E-state index is 12.6. The molecule has 0 unspecified atom stereocenters. The molecule has 0 aliphatic heterocycles. The maximum atomic E-state index is 12.6. The third-order valence-corrected chi connectivity index (χ3v) is 3.12. The molecule has 0 atom stereocenters. The monoisotopic (exact) mass is 300 g/mol. The molecule has 1 amide bonds. The van der Waals surface area contributed by atoms with Crippen molar-refractivity contribution in [3.8, 4) is 0 Å². The quantitative estimate of drug-likeness (QED) is 0.759. The molecule has 0 aromatic carbocycles. The van der Waals surface area contributed by atoms with Crippen LogP contribution in [0.25, 0.3) is 0 Å². The number of rotatable bonds is 6. The Labute approximate surface area is 124 Å². The molecule has 5 nitrogen and oxygen atoms in total. The second kappa shape index (κ2) is 7.33. The van der Waals surface area contributed by atoms with Gasteiger partial charge in [-0.25, -0.2) is 0 Å². The van der Waals surface area contributed by atoms with E-state index < -0.39 is 5.97 Å². The van der Waals surface area contributed by atoms with Gasteiger partial charge in [-0.15, -0.1) is 0 Å². The standard InChI is InChI=1S/C14H21ClN2O3/c1-5-16-8-11(15)7-12(16)14(19)17(10(3)4)9-13(18)20-6-2/h7-8,10H,5-6,9H2,1-4H3. The lowest BCUT2D eigenvalue weighted by molar-refractivity contribution is -0.144. The lowest BCUT2D eigenvalue weighted by Crippen LogP contribution is -2.42. The van der Waals surface area contributed by atoms with Crippen LogP contribution in [0.5, 0.6) is 0 Å². The van der Waals surface area contributed by atoms with Gasteiger partial charge in [0.05, 0.1) is 11.6 Å². The second-order valence-corrected chi connectivity index (χ2v) is 5.10. The van der Waals surface area contributed by atoms with Crippen molar-refractivity contribution in [3.05, 3.63) is 23.0 Å². The number of ether oxygens (including phenoxy) is 1. The van der Waals surface area contributed by atoms with Crippen LogP contribution in [0.3, 0.4) is 0 Å². The minimum absolute atomic E-state index is 0.0587. The molecule has 1 aromatic rings. The molecule has 1 aromatic heterocycles. The predicted octanol–water partition coefficient (Wildman–Crippen LogP) is 2.58. The predicted molar refractivity (Wildman–Crippen MR) is 77.9 cm³/mol.